The van der Waals surface area contributed by atoms with E-state index >= 15 is 0 Å². The third-order valence-electron chi connectivity index (χ3n) is 2.63. The van der Waals surface area contributed by atoms with Gasteiger partial charge in [0.2, 0.25) is 0 Å². The van der Waals surface area contributed by atoms with E-state index in [1.54, 1.807) is 13.3 Å². The Morgan fingerprint density at radius 1 is 1.41 bits per heavy atom. The number of rotatable bonds is 5. The van der Waals surface area contributed by atoms with Gasteiger partial charge in [0.15, 0.2) is 0 Å². The van der Waals surface area contributed by atoms with Crippen LogP contribution in [-0.4, -0.2) is 23.3 Å². The van der Waals surface area contributed by atoms with Crippen molar-refractivity contribution >= 4 is 5.69 Å². The van der Waals surface area contributed by atoms with Crippen LogP contribution in [0.25, 0.3) is 0 Å². The van der Waals surface area contributed by atoms with E-state index in [0.29, 0.717) is 6.04 Å². The molecule has 90 valence electrons. The average Bonchev–Trinajstić information content (AvgIpc) is 2.82. The highest BCUT2D eigenvalue weighted by Crippen LogP contribution is 2.19. The average molecular weight is 231 g/mol. The summed E-state index contributed by atoms with van der Waals surface area (Å²) in [6, 6.07) is 8.41. The summed E-state index contributed by atoms with van der Waals surface area (Å²) in [4.78, 5) is 0. The Morgan fingerprint density at radius 2 is 2.24 bits per heavy atom. The quantitative estimate of drug-likeness (QED) is 0.831. The van der Waals surface area contributed by atoms with E-state index in [2.05, 4.69) is 28.5 Å². The Hall–Kier alpha value is -1.97. The van der Waals surface area contributed by atoms with Gasteiger partial charge in [-0.05, 0) is 25.0 Å². The molecule has 0 amide bonds. The highest BCUT2D eigenvalue weighted by atomic mass is 16.5. The standard InChI is InChI=1S/C13H17N3O/c1-10(16-12-8-14-15-9-12)7-11-5-3-4-6-13(11)17-2/h3-6,8-10,16H,7H2,1-2H3,(H,14,15). The largest absolute Gasteiger partial charge is 0.496 e. The van der Waals surface area contributed by atoms with E-state index in [1.165, 1.54) is 5.56 Å². The van der Waals surface area contributed by atoms with Gasteiger partial charge in [0, 0.05) is 12.2 Å². The molecule has 2 N–H and O–H groups in total. The lowest BCUT2D eigenvalue weighted by Gasteiger charge is -2.15. The smallest absolute Gasteiger partial charge is 0.122 e. The number of nitrogens with one attached hydrogen (secondary N) is 2. The van der Waals surface area contributed by atoms with Crippen LogP contribution in [-0.2, 0) is 6.42 Å². The maximum atomic E-state index is 5.34. The fourth-order valence-electron chi connectivity index (χ4n) is 1.87. The number of ether oxygens (including phenoxy) is 1. The topological polar surface area (TPSA) is 49.9 Å². The van der Waals surface area contributed by atoms with Crippen LogP contribution in [0.2, 0.25) is 0 Å². The van der Waals surface area contributed by atoms with Crippen molar-refractivity contribution in [1.82, 2.24) is 10.2 Å². The van der Waals surface area contributed by atoms with Crippen molar-refractivity contribution < 1.29 is 4.74 Å². The number of methoxy groups -OCH3 is 1. The highest BCUT2D eigenvalue weighted by Gasteiger charge is 2.07. The van der Waals surface area contributed by atoms with E-state index in [-0.39, 0.29) is 0 Å². The molecule has 0 aliphatic heterocycles. The maximum absolute atomic E-state index is 5.34. The molecule has 4 heteroatoms. The Labute approximate surface area is 101 Å². The first-order valence-corrected chi connectivity index (χ1v) is 5.67. The molecule has 0 fully saturated rings. The Kier molecular flexibility index (Phi) is 3.65. The van der Waals surface area contributed by atoms with Crippen LogP contribution in [0.4, 0.5) is 5.69 Å². The molecule has 0 saturated carbocycles. The summed E-state index contributed by atoms with van der Waals surface area (Å²) in [6.07, 6.45) is 4.53. The lowest BCUT2D eigenvalue weighted by Crippen LogP contribution is -2.18. The van der Waals surface area contributed by atoms with E-state index in [9.17, 15) is 0 Å². The van der Waals surface area contributed by atoms with Crippen LogP contribution < -0.4 is 10.1 Å². The van der Waals surface area contributed by atoms with Gasteiger partial charge < -0.3 is 10.1 Å². The third-order valence-corrected chi connectivity index (χ3v) is 2.63. The molecule has 2 aromatic rings. The molecule has 0 saturated heterocycles. The van der Waals surface area contributed by atoms with Crippen LogP contribution in [0, 0.1) is 0 Å². The Bertz CT molecular complexity index is 453. The van der Waals surface area contributed by atoms with Crippen molar-refractivity contribution in [2.75, 3.05) is 12.4 Å². The molecule has 1 unspecified atom stereocenters. The maximum Gasteiger partial charge on any atom is 0.122 e. The zero-order valence-electron chi connectivity index (χ0n) is 10.1. The lowest BCUT2D eigenvalue weighted by molar-refractivity contribution is 0.409. The van der Waals surface area contributed by atoms with Gasteiger partial charge in [0.1, 0.15) is 5.75 Å². The summed E-state index contributed by atoms with van der Waals surface area (Å²) >= 11 is 0. The number of hydrogen-bond donors (Lipinski definition) is 2. The summed E-state index contributed by atoms with van der Waals surface area (Å²) < 4.78 is 5.34. The molecule has 1 aromatic heterocycles. The molecule has 0 spiro atoms. The zero-order valence-corrected chi connectivity index (χ0v) is 10.1. The summed E-state index contributed by atoms with van der Waals surface area (Å²) in [5.41, 5.74) is 2.21. The van der Waals surface area contributed by atoms with Gasteiger partial charge in [-0.25, -0.2) is 0 Å². The van der Waals surface area contributed by atoms with Crippen molar-refractivity contribution in [2.24, 2.45) is 0 Å². The van der Waals surface area contributed by atoms with Crippen LogP contribution in [0.1, 0.15) is 12.5 Å². The van der Waals surface area contributed by atoms with Crippen molar-refractivity contribution in [3.8, 4) is 5.75 Å². The first-order valence-electron chi connectivity index (χ1n) is 5.67. The van der Waals surface area contributed by atoms with E-state index in [0.717, 1.165) is 17.9 Å². The van der Waals surface area contributed by atoms with Crippen molar-refractivity contribution in [2.45, 2.75) is 19.4 Å². The fourth-order valence-corrected chi connectivity index (χ4v) is 1.87. The predicted molar refractivity (Wildman–Crippen MR) is 68.4 cm³/mol. The van der Waals surface area contributed by atoms with Gasteiger partial charge in [0.05, 0.1) is 19.0 Å². The minimum atomic E-state index is 0.323. The first kappa shape index (κ1) is 11.5. The summed E-state index contributed by atoms with van der Waals surface area (Å²) in [5, 5.41) is 10.1. The molecule has 1 atom stereocenters. The Morgan fingerprint density at radius 3 is 2.94 bits per heavy atom. The number of hydrogen-bond acceptors (Lipinski definition) is 3. The van der Waals surface area contributed by atoms with Crippen LogP contribution in [0.5, 0.6) is 5.75 Å². The van der Waals surface area contributed by atoms with Crippen molar-refractivity contribution in [1.29, 1.82) is 0 Å². The molecule has 0 radical (unpaired) electrons. The highest BCUT2D eigenvalue weighted by molar-refractivity contribution is 5.40. The molecule has 4 nitrogen and oxygen atoms in total. The minimum absolute atomic E-state index is 0.323. The molecular weight excluding hydrogens is 214 g/mol. The second kappa shape index (κ2) is 5.39. The monoisotopic (exact) mass is 231 g/mol. The predicted octanol–water partition coefficient (Wildman–Crippen LogP) is 2.46. The molecule has 1 heterocycles. The van der Waals surface area contributed by atoms with Gasteiger partial charge in [-0.15, -0.1) is 0 Å². The Balaban J connectivity index is 2.00. The number of nitrogens with zero attached hydrogens (tertiary/aromatic N) is 1. The van der Waals surface area contributed by atoms with Crippen molar-refractivity contribution in [3.63, 3.8) is 0 Å². The van der Waals surface area contributed by atoms with E-state index in [1.807, 2.05) is 24.4 Å². The normalized spacial score (nSPS) is 12.1. The number of aromatic amines is 1. The molecule has 1 aromatic carbocycles. The van der Waals surface area contributed by atoms with Gasteiger partial charge >= 0.3 is 0 Å². The molecule has 0 aliphatic rings. The molecule has 17 heavy (non-hydrogen) atoms. The number of H-pyrrole nitrogens is 1. The van der Waals surface area contributed by atoms with Gasteiger partial charge in [0.25, 0.3) is 0 Å². The van der Waals surface area contributed by atoms with Crippen LogP contribution in [0.15, 0.2) is 36.7 Å². The molecule has 0 bridgehead atoms. The molecule has 0 aliphatic carbocycles. The van der Waals surface area contributed by atoms with Crippen LogP contribution >= 0.6 is 0 Å². The van der Waals surface area contributed by atoms with Gasteiger partial charge in [-0.2, -0.15) is 5.10 Å². The number of benzene rings is 1. The zero-order chi connectivity index (χ0) is 12.1. The summed E-state index contributed by atoms with van der Waals surface area (Å²) in [5.74, 6) is 0.938. The molecular formula is C13H17N3O. The number of aromatic nitrogens is 2. The second-order valence-corrected chi connectivity index (χ2v) is 4.05. The first-order chi connectivity index (χ1) is 8.29. The van der Waals surface area contributed by atoms with Gasteiger partial charge in [-0.1, -0.05) is 18.2 Å². The second-order valence-electron chi connectivity index (χ2n) is 4.05. The molecule has 2 rings (SSSR count). The third kappa shape index (κ3) is 3.00. The summed E-state index contributed by atoms with van der Waals surface area (Å²) in [6.45, 7) is 2.14. The SMILES string of the molecule is COc1ccccc1CC(C)Nc1cn[nH]c1. The van der Waals surface area contributed by atoms with E-state index < -0.39 is 0 Å². The number of anilines is 1. The lowest BCUT2D eigenvalue weighted by atomic mass is 10.1. The van der Waals surface area contributed by atoms with Crippen LogP contribution in [0.3, 0.4) is 0 Å². The van der Waals surface area contributed by atoms with Crippen molar-refractivity contribution in [3.05, 3.63) is 42.2 Å². The summed E-state index contributed by atoms with van der Waals surface area (Å²) in [7, 11) is 1.70. The minimum Gasteiger partial charge on any atom is -0.496 e. The van der Waals surface area contributed by atoms with E-state index in [4.69, 9.17) is 4.74 Å². The number of para-hydroxylation sites is 1. The fraction of sp³-hybridized carbons (Fsp3) is 0.308. The van der Waals surface area contributed by atoms with Gasteiger partial charge in [-0.3, -0.25) is 5.10 Å².